The molecule has 2 aromatic carbocycles. The van der Waals surface area contributed by atoms with Gasteiger partial charge in [-0.1, -0.05) is 43.4 Å². The Hall–Kier alpha value is -2.50. The number of carbonyl (C=O) groups is 1. The highest BCUT2D eigenvalue weighted by Crippen LogP contribution is 2.38. The predicted molar refractivity (Wildman–Crippen MR) is 181 cm³/mol. The van der Waals surface area contributed by atoms with E-state index in [1.165, 1.54) is 12.1 Å². The summed E-state index contributed by atoms with van der Waals surface area (Å²) in [6.07, 6.45) is 3.02. The smallest absolute Gasteiger partial charge is 0.410 e. The van der Waals surface area contributed by atoms with Crippen molar-refractivity contribution >= 4 is 36.7 Å². The largest absolute Gasteiger partial charge is 0.444 e. The van der Waals surface area contributed by atoms with Crippen LogP contribution in [-0.2, 0) is 26.4 Å². The van der Waals surface area contributed by atoms with Gasteiger partial charge in [0, 0.05) is 55.4 Å². The van der Waals surface area contributed by atoms with E-state index in [1.54, 1.807) is 4.90 Å². The molecule has 0 spiro atoms. The number of halogens is 2. The van der Waals surface area contributed by atoms with Gasteiger partial charge in [0.15, 0.2) is 0 Å². The van der Waals surface area contributed by atoms with Crippen LogP contribution in [0.25, 0.3) is 10.9 Å². The van der Waals surface area contributed by atoms with Gasteiger partial charge in [0.1, 0.15) is 18.1 Å². The minimum absolute atomic E-state index is 0.116. The number of carbonyl (C=O) groups excluding carboxylic acids is 1. The zero-order valence-corrected chi connectivity index (χ0v) is 29.9. The molecule has 8 nitrogen and oxygen atoms in total. The molecule has 45 heavy (non-hydrogen) atoms. The second-order valence-electron chi connectivity index (χ2n) is 14.7. The normalized spacial score (nSPS) is 16.4. The van der Waals surface area contributed by atoms with Gasteiger partial charge in [-0.15, -0.1) is 0 Å². The summed E-state index contributed by atoms with van der Waals surface area (Å²) in [5.74, 6) is -0.278. The molecule has 1 fully saturated rings. The van der Waals surface area contributed by atoms with Gasteiger partial charge >= 0.3 is 6.09 Å². The van der Waals surface area contributed by atoms with E-state index in [9.17, 15) is 9.18 Å². The SMILES string of the molecule is CN(C)C(COCC1(c2ccc(F)cc2)CCN(C(=O)OC(C)(C)C)CC1)c1cc(Cl)cc2cn(COCC[Si](C)(C)C)nc12. The standard InChI is InChI=1S/C34H50ClFN4O4Si/c1-33(2,3)44-32(41)39-15-13-34(14-16-39,26-9-11-28(36)12-10-26)23-43-22-30(38(4)5)29-20-27(35)19-25-21-40(37-31(25)29)24-42-17-18-45(6,7)8/h9-12,19-21,30H,13-18,22-24H2,1-8H3. The van der Waals surface area contributed by atoms with Gasteiger partial charge in [-0.3, -0.25) is 0 Å². The van der Waals surface area contributed by atoms with Crippen molar-refractivity contribution in [1.29, 1.82) is 0 Å². The molecule has 1 saturated heterocycles. The minimum Gasteiger partial charge on any atom is -0.444 e. The Balaban J connectivity index is 1.50. The van der Waals surface area contributed by atoms with Gasteiger partial charge in [-0.25, -0.2) is 13.9 Å². The first-order valence-corrected chi connectivity index (χ1v) is 19.9. The van der Waals surface area contributed by atoms with Gasteiger partial charge in [0.05, 0.1) is 24.8 Å². The van der Waals surface area contributed by atoms with Crippen molar-refractivity contribution in [2.24, 2.45) is 0 Å². The van der Waals surface area contributed by atoms with Crippen LogP contribution in [0, 0.1) is 5.82 Å². The Morgan fingerprint density at radius 1 is 1.11 bits per heavy atom. The van der Waals surface area contributed by atoms with Crippen molar-refractivity contribution in [2.45, 2.75) is 83.1 Å². The Bertz CT molecular complexity index is 1430. The van der Waals surface area contributed by atoms with Crippen LogP contribution in [0.15, 0.2) is 42.6 Å². The van der Waals surface area contributed by atoms with E-state index in [1.807, 2.05) is 70.0 Å². The molecular formula is C34H50ClFN4O4Si. The Morgan fingerprint density at radius 2 is 1.78 bits per heavy atom. The number of likely N-dealkylation sites (N-methyl/N-ethyl adjacent to an activating group) is 1. The van der Waals surface area contributed by atoms with Crippen molar-refractivity contribution in [3.63, 3.8) is 0 Å². The fourth-order valence-electron chi connectivity index (χ4n) is 5.68. The number of rotatable bonds is 12. The van der Waals surface area contributed by atoms with Crippen LogP contribution in [-0.4, -0.2) is 86.4 Å². The number of amides is 1. The lowest BCUT2D eigenvalue weighted by molar-refractivity contribution is -0.000943. The molecule has 0 aliphatic carbocycles. The fraction of sp³-hybridized carbons (Fsp3) is 0.588. The lowest BCUT2D eigenvalue weighted by Gasteiger charge is -2.42. The Morgan fingerprint density at radius 3 is 2.38 bits per heavy atom. The van der Waals surface area contributed by atoms with Crippen LogP contribution in [0.3, 0.4) is 0 Å². The highest BCUT2D eigenvalue weighted by Gasteiger charge is 2.39. The monoisotopic (exact) mass is 660 g/mol. The van der Waals surface area contributed by atoms with Gasteiger partial charge < -0.3 is 24.0 Å². The first-order chi connectivity index (χ1) is 21.1. The maximum absolute atomic E-state index is 13.9. The van der Waals surface area contributed by atoms with Crippen molar-refractivity contribution in [3.05, 3.63) is 64.6 Å². The van der Waals surface area contributed by atoms with Gasteiger partial charge in [0.2, 0.25) is 0 Å². The zero-order chi connectivity index (χ0) is 33.0. The van der Waals surface area contributed by atoms with E-state index in [0.717, 1.165) is 34.7 Å². The second-order valence-corrected chi connectivity index (χ2v) is 20.8. The van der Waals surface area contributed by atoms with E-state index in [2.05, 4.69) is 24.5 Å². The number of piperidine rings is 1. The van der Waals surface area contributed by atoms with Crippen LogP contribution in [0.2, 0.25) is 30.7 Å². The van der Waals surface area contributed by atoms with Crippen molar-refractivity contribution in [3.8, 4) is 0 Å². The van der Waals surface area contributed by atoms with Crippen LogP contribution in [0.1, 0.15) is 50.8 Å². The van der Waals surface area contributed by atoms with Crippen LogP contribution >= 0.6 is 11.6 Å². The fourth-order valence-corrected chi connectivity index (χ4v) is 6.67. The van der Waals surface area contributed by atoms with Crippen molar-refractivity contribution in [1.82, 2.24) is 19.6 Å². The lowest BCUT2D eigenvalue weighted by Crippen LogP contribution is -2.48. The maximum Gasteiger partial charge on any atom is 0.410 e. The first kappa shape index (κ1) is 35.4. The summed E-state index contributed by atoms with van der Waals surface area (Å²) in [4.78, 5) is 16.7. The highest BCUT2D eigenvalue weighted by atomic mass is 35.5. The van der Waals surface area contributed by atoms with E-state index in [-0.39, 0.29) is 23.4 Å². The predicted octanol–water partition coefficient (Wildman–Crippen LogP) is 7.73. The van der Waals surface area contributed by atoms with E-state index in [4.69, 9.17) is 30.9 Å². The molecule has 2 heterocycles. The molecule has 1 amide bonds. The van der Waals surface area contributed by atoms with Crippen LogP contribution in [0.5, 0.6) is 0 Å². The minimum atomic E-state index is -1.17. The van der Waals surface area contributed by atoms with Gasteiger partial charge in [-0.05, 0) is 83.6 Å². The topological polar surface area (TPSA) is 69.1 Å². The molecule has 0 N–H and O–H groups in total. The molecule has 11 heteroatoms. The highest BCUT2D eigenvalue weighted by molar-refractivity contribution is 6.76. The van der Waals surface area contributed by atoms with Crippen LogP contribution in [0.4, 0.5) is 9.18 Å². The van der Waals surface area contributed by atoms with Crippen LogP contribution < -0.4 is 0 Å². The Kier molecular flexibility index (Phi) is 11.4. The summed E-state index contributed by atoms with van der Waals surface area (Å²) in [6, 6.07) is 11.5. The molecule has 0 saturated carbocycles. The number of fused-ring (bicyclic) bond motifs is 1. The summed E-state index contributed by atoms with van der Waals surface area (Å²) in [7, 11) is 2.87. The molecule has 1 aromatic heterocycles. The summed E-state index contributed by atoms with van der Waals surface area (Å²) < 4.78 is 33.9. The molecule has 3 aromatic rings. The third kappa shape index (κ3) is 9.75. The average molecular weight is 661 g/mol. The summed E-state index contributed by atoms with van der Waals surface area (Å²) in [6.45, 7) is 15.6. The number of nitrogens with zero attached hydrogens (tertiary/aromatic N) is 4. The third-order valence-electron chi connectivity index (χ3n) is 8.34. The number of likely N-dealkylation sites (tertiary alicyclic amines) is 1. The molecule has 248 valence electrons. The molecule has 1 unspecified atom stereocenters. The second kappa shape index (κ2) is 14.5. The number of benzene rings is 2. The number of ether oxygens (including phenoxy) is 3. The van der Waals surface area contributed by atoms with E-state index < -0.39 is 13.7 Å². The van der Waals surface area contributed by atoms with Crippen molar-refractivity contribution < 1.29 is 23.4 Å². The van der Waals surface area contributed by atoms with E-state index in [0.29, 0.717) is 50.9 Å². The first-order valence-electron chi connectivity index (χ1n) is 15.8. The molecular weight excluding hydrogens is 611 g/mol. The maximum atomic E-state index is 13.9. The summed E-state index contributed by atoms with van der Waals surface area (Å²) >= 11 is 6.61. The molecule has 0 radical (unpaired) electrons. The number of aromatic nitrogens is 2. The molecule has 4 rings (SSSR count). The summed E-state index contributed by atoms with van der Waals surface area (Å²) in [5.41, 5.74) is 1.93. The molecule has 1 aliphatic rings. The molecule has 0 bridgehead atoms. The summed E-state index contributed by atoms with van der Waals surface area (Å²) in [5, 5.41) is 6.48. The Labute approximate surface area is 273 Å². The van der Waals surface area contributed by atoms with E-state index >= 15 is 0 Å². The quantitative estimate of drug-likeness (QED) is 0.146. The number of hydrogen-bond acceptors (Lipinski definition) is 6. The zero-order valence-electron chi connectivity index (χ0n) is 28.2. The van der Waals surface area contributed by atoms with Gasteiger partial charge in [-0.2, -0.15) is 5.10 Å². The number of hydrogen-bond donors (Lipinski definition) is 0. The molecule has 1 atom stereocenters. The van der Waals surface area contributed by atoms with Gasteiger partial charge in [0.25, 0.3) is 0 Å². The third-order valence-corrected chi connectivity index (χ3v) is 10.3. The van der Waals surface area contributed by atoms with Crippen molar-refractivity contribution in [2.75, 3.05) is 47.0 Å². The average Bonchev–Trinajstić information content (AvgIpc) is 3.35. The lowest BCUT2D eigenvalue weighted by atomic mass is 9.73. The molecule has 1 aliphatic heterocycles.